The van der Waals surface area contributed by atoms with Gasteiger partial charge in [0.15, 0.2) is 0 Å². The lowest BCUT2D eigenvalue weighted by Crippen LogP contribution is -2.41. The van der Waals surface area contributed by atoms with Crippen molar-refractivity contribution in [1.29, 1.82) is 0 Å². The Balaban J connectivity index is 2.43. The Morgan fingerprint density at radius 3 is 2.59 bits per heavy atom. The average molecular weight is 241 g/mol. The average Bonchev–Trinajstić information content (AvgIpc) is 2.31. The van der Waals surface area contributed by atoms with Gasteiger partial charge in [-0.3, -0.25) is 0 Å². The highest BCUT2D eigenvalue weighted by Crippen LogP contribution is 2.35. The van der Waals surface area contributed by atoms with Crippen molar-refractivity contribution in [3.8, 4) is 0 Å². The van der Waals surface area contributed by atoms with E-state index in [1.807, 2.05) is 0 Å². The van der Waals surface area contributed by atoms with Crippen LogP contribution in [0.15, 0.2) is 0 Å². The number of ether oxygens (including phenoxy) is 1. The number of hydrogen-bond donors (Lipinski definition) is 1. The minimum Gasteiger partial charge on any atom is -0.382 e. The van der Waals surface area contributed by atoms with E-state index in [1.54, 1.807) is 0 Å². The molecule has 3 atom stereocenters. The zero-order valence-electron chi connectivity index (χ0n) is 12.2. The summed E-state index contributed by atoms with van der Waals surface area (Å²) in [6.07, 6.45) is 5.38. The lowest BCUT2D eigenvalue weighted by molar-refractivity contribution is 0.0966. The molecule has 1 rings (SSSR count). The van der Waals surface area contributed by atoms with E-state index in [4.69, 9.17) is 4.74 Å². The second-order valence-corrected chi connectivity index (χ2v) is 5.73. The molecule has 0 heterocycles. The highest BCUT2D eigenvalue weighted by Gasteiger charge is 2.30. The van der Waals surface area contributed by atoms with E-state index in [1.165, 1.54) is 25.7 Å². The molecule has 1 N–H and O–H groups in total. The third kappa shape index (κ3) is 4.97. The maximum Gasteiger partial charge on any atom is 0.0469 e. The summed E-state index contributed by atoms with van der Waals surface area (Å²) in [6.45, 7) is 11.9. The summed E-state index contributed by atoms with van der Waals surface area (Å²) in [5.41, 5.74) is 0. The summed E-state index contributed by atoms with van der Waals surface area (Å²) in [7, 11) is 0. The quantitative estimate of drug-likeness (QED) is 0.689. The molecule has 2 nitrogen and oxygen atoms in total. The lowest BCUT2D eigenvalue weighted by atomic mass is 9.72. The molecule has 1 aliphatic carbocycles. The molecule has 17 heavy (non-hydrogen) atoms. The van der Waals surface area contributed by atoms with Crippen molar-refractivity contribution in [2.75, 3.05) is 19.8 Å². The molecule has 3 unspecified atom stereocenters. The van der Waals surface area contributed by atoms with E-state index >= 15 is 0 Å². The van der Waals surface area contributed by atoms with Crippen LogP contribution in [0.25, 0.3) is 0 Å². The zero-order valence-corrected chi connectivity index (χ0v) is 12.2. The standard InChI is InChI=1S/C15H31NO/c1-5-16-15-8-7-13(12(3)4)11-14(15)9-10-17-6-2/h12-16H,5-11H2,1-4H3. The van der Waals surface area contributed by atoms with Crippen LogP contribution in [0.5, 0.6) is 0 Å². The van der Waals surface area contributed by atoms with Gasteiger partial charge in [0.25, 0.3) is 0 Å². The van der Waals surface area contributed by atoms with Crippen LogP contribution < -0.4 is 5.32 Å². The molecular weight excluding hydrogens is 210 g/mol. The second kappa shape index (κ2) is 8.10. The van der Waals surface area contributed by atoms with Gasteiger partial charge in [0.1, 0.15) is 0 Å². The van der Waals surface area contributed by atoms with Crippen molar-refractivity contribution in [2.45, 2.75) is 59.4 Å². The van der Waals surface area contributed by atoms with Crippen molar-refractivity contribution in [3.05, 3.63) is 0 Å². The van der Waals surface area contributed by atoms with E-state index in [9.17, 15) is 0 Å². The molecule has 2 heteroatoms. The first-order valence-electron chi connectivity index (χ1n) is 7.50. The minimum absolute atomic E-state index is 0.732. The predicted molar refractivity (Wildman–Crippen MR) is 74.2 cm³/mol. The van der Waals surface area contributed by atoms with Crippen LogP contribution >= 0.6 is 0 Å². The Kier molecular flexibility index (Phi) is 7.14. The smallest absolute Gasteiger partial charge is 0.0469 e. The Labute approximate surface area is 108 Å². The largest absolute Gasteiger partial charge is 0.382 e. The summed E-state index contributed by atoms with van der Waals surface area (Å²) in [5, 5.41) is 3.67. The fraction of sp³-hybridized carbons (Fsp3) is 1.00. The van der Waals surface area contributed by atoms with Crippen molar-refractivity contribution >= 4 is 0 Å². The van der Waals surface area contributed by atoms with Crippen LogP contribution in [0.3, 0.4) is 0 Å². The fourth-order valence-corrected chi connectivity index (χ4v) is 3.13. The molecule has 1 fully saturated rings. The zero-order chi connectivity index (χ0) is 12.7. The maximum absolute atomic E-state index is 5.53. The van der Waals surface area contributed by atoms with E-state index in [-0.39, 0.29) is 0 Å². The van der Waals surface area contributed by atoms with Gasteiger partial charge in [0, 0.05) is 19.3 Å². The first-order valence-corrected chi connectivity index (χ1v) is 7.50. The number of nitrogens with one attached hydrogen (secondary N) is 1. The first kappa shape index (κ1) is 15.0. The molecule has 0 amide bonds. The molecular formula is C15H31NO. The van der Waals surface area contributed by atoms with Crippen molar-refractivity contribution in [1.82, 2.24) is 5.32 Å². The summed E-state index contributed by atoms with van der Waals surface area (Å²) in [4.78, 5) is 0. The van der Waals surface area contributed by atoms with Crippen LogP contribution in [0.2, 0.25) is 0 Å². The van der Waals surface area contributed by atoms with Crippen molar-refractivity contribution < 1.29 is 4.74 Å². The first-order chi connectivity index (χ1) is 8.19. The molecule has 1 saturated carbocycles. The highest BCUT2D eigenvalue weighted by molar-refractivity contribution is 4.85. The Morgan fingerprint density at radius 2 is 2.00 bits per heavy atom. The van der Waals surface area contributed by atoms with Crippen LogP contribution in [-0.4, -0.2) is 25.8 Å². The molecule has 0 saturated heterocycles. The van der Waals surface area contributed by atoms with Crippen LogP contribution in [0.1, 0.15) is 53.4 Å². The minimum atomic E-state index is 0.732. The van der Waals surface area contributed by atoms with Crippen LogP contribution in [0.4, 0.5) is 0 Å². The number of hydrogen-bond acceptors (Lipinski definition) is 2. The van der Waals surface area contributed by atoms with Crippen molar-refractivity contribution in [3.63, 3.8) is 0 Å². The second-order valence-electron chi connectivity index (χ2n) is 5.73. The normalized spacial score (nSPS) is 29.8. The summed E-state index contributed by atoms with van der Waals surface area (Å²) < 4.78 is 5.53. The van der Waals surface area contributed by atoms with Gasteiger partial charge >= 0.3 is 0 Å². The molecule has 0 bridgehead atoms. The van der Waals surface area contributed by atoms with Gasteiger partial charge in [-0.25, -0.2) is 0 Å². The van der Waals surface area contributed by atoms with Crippen LogP contribution in [0, 0.1) is 17.8 Å². The molecule has 0 aromatic heterocycles. The Bertz CT molecular complexity index is 193. The monoisotopic (exact) mass is 241 g/mol. The third-order valence-corrected chi connectivity index (χ3v) is 4.27. The number of rotatable bonds is 7. The van der Waals surface area contributed by atoms with E-state index in [2.05, 4.69) is 33.0 Å². The van der Waals surface area contributed by atoms with Crippen molar-refractivity contribution in [2.24, 2.45) is 17.8 Å². The highest BCUT2D eigenvalue weighted by atomic mass is 16.5. The maximum atomic E-state index is 5.53. The van der Waals surface area contributed by atoms with Gasteiger partial charge in [0.05, 0.1) is 0 Å². The Morgan fingerprint density at radius 1 is 1.24 bits per heavy atom. The summed E-state index contributed by atoms with van der Waals surface area (Å²) >= 11 is 0. The van der Waals surface area contributed by atoms with Gasteiger partial charge in [-0.2, -0.15) is 0 Å². The molecule has 0 aromatic rings. The van der Waals surface area contributed by atoms with E-state index in [0.29, 0.717) is 0 Å². The summed E-state index contributed by atoms with van der Waals surface area (Å²) in [5.74, 6) is 2.59. The van der Waals surface area contributed by atoms with Gasteiger partial charge in [-0.1, -0.05) is 20.8 Å². The summed E-state index contributed by atoms with van der Waals surface area (Å²) in [6, 6.07) is 0.732. The lowest BCUT2D eigenvalue weighted by Gasteiger charge is -2.38. The molecule has 102 valence electrons. The Hall–Kier alpha value is -0.0800. The molecule has 1 aliphatic rings. The molecule has 0 aromatic carbocycles. The van der Waals surface area contributed by atoms with Crippen LogP contribution in [-0.2, 0) is 4.74 Å². The van der Waals surface area contributed by atoms with E-state index in [0.717, 1.165) is 43.6 Å². The molecule has 0 spiro atoms. The molecule has 0 radical (unpaired) electrons. The van der Waals surface area contributed by atoms with Gasteiger partial charge in [-0.15, -0.1) is 0 Å². The van der Waals surface area contributed by atoms with Gasteiger partial charge < -0.3 is 10.1 Å². The fourth-order valence-electron chi connectivity index (χ4n) is 3.13. The topological polar surface area (TPSA) is 21.3 Å². The SMILES string of the molecule is CCNC1CCC(C(C)C)CC1CCOCC. The van der Waals surface area contributed by atoms with Gasteiger partial charge in [-0.05, 0) is 56.9 Å². The third-order valence-electron chi connectivity index (χ3n) is 4.27. The van der Waals surface area contributed by atoms with E-state index < -0.39 is 0 Å². The predicted octanol–water partition coefficient (Wildman–Crippen LogP) is 3.46. The van der Waals surface area contributed by atoms with Gasteiger partial charge in [0.2, 0.25) is 0 Å². The molecule has 0 aliphatic heterocycles.